The van der Waals surface area contributed by atoms with Crippen LogP contribution >= 0.6 is 34.2 Å². The minimum Gasteiger partial charge on any atom is -0.327 e. The third-order valence-electron chi connectivity index (χ3n) is 4.92. The first-order valence-electron chi connectivity index (χ1n) is 7.42. The lowest BCUT2D eigenvalue weighted by molar-refractivity contribution is 0.369. The highest BCUT2D eigenvalue weighted by molar-refractivity contribution is 14.1. The predicted octanol–water partition coefficient (Wildman–Crippen LogP) is 4.61. The number of aromatic nitrogens is 2. The van der Waals surface area contributed by atoms with Gasteiger partial charge in [-0.15, -0.1) is 11.6 Å². The third-order valence-corrected chi connectivity index (χ3v) is 5.78. The van der Waals surface area contributed by atoms with E-state index in [0.29, 0.717) is 11.3 Å². The minimum absolute atomic E-state index is 0.595. The van der Waals surface area contributed by atoms with Gasteiger partial charge in [0.05, 0.1) is 11.0 Å². The Labute approximate surface area is 138 Å². The molecule has 2 aromatic rings. The van der Waals surface area contributed by atoms with Gasteiger partial charge in [0, 0.05) is 22.4 Å². The summed E-state index contributed by atoms with van der Waals surface area (Å²) in [4.78, 5) is 4.83. The Balaban J connectivity index is 1.76. The van der Waals surface area contributed by atoms with Crippen molar-refractivity contribution in [3.8, 4) is 0 Å². The number of halogens is 2. The van der Waals surface area contributed by atoms with Gasteiger partial charge in [0.25, 0.3) is 0 Å². The van der Waals surface area contributed by atoms with E-state index in [9.17, 15) is 0 Å². The summed E-state index contributed by atoms with van der Waals surface area (Å²) in [6.45, 7) is 1.15. The van der Waals surface area contributed by atoms with Crippen LogP contribution in [0.15, 0.2) is 18.2 Å². The van der Waals surface area contributed by atoms with Crippen molar-refractivity contribution in [1.82, 2.24) is 9.55 Å². The number of aryl methyl sites for hydroxylation is 1. The molecule has 4 rings (SSSR count). The van der Waals surface area contributed by atoms with Gasteiger partial charge in [0.2, 0.25) is 0 Å². The standard InChI is InChI=1S/C16H18ClIN2/c17-8-5-15-19-13-9-12(18)3-4-14(13)20(15)10-16(6-7-16)11-1-2-11/h3-4,9,11H,1-2,5-8,10H2. The molecule has 0 spiro atoms. The van der Waals surface area contributed by atoms with Crippen LogP contribution in [0.5, 0.6) is 0 Å². The Kier molecular flexibility index (Phi) is 3.26. The Morgan fingerprint density at radius 1 is 1.35 bits per heavy atom. The number of rotatable bonds is 5. The van der Waals surface area contributed by atoms with Gasteiger partial charge >= 0.3 is 0 Å². The van der Waals surface area contributed by atoms with Crippen molar-refractivity contribution in [2.75, 3.05) is 5.88 Å². The van der Waals surface area contributed by atoms with Gasteiger partial charge in [-0.05, 0) is 77.8 Å². The summed E-state index contributed by atoms with van der Waals surface area (Å²) in [5, 5.41) is 0. The van der Waals surface area contributed by atoms with Gasteiger partial charge in [-0.25, -0.2) is 4.98 Å². The van der Waals surface area contributed by atoms with E-state index in [4.69, 9.17) is 16.6 Å². The Morgan fingerprint density at radius 3 is 2.80 bits per heavy atom. The Bertz CT molecular complexity index is 656. The van der Waals surface area contributed by atoms with Crippen LogP contribution < -0.4 is 0 Å². The highest BCUT2D eigenvalue weighted by Crippen LogP contribution is 2.62. The van der Waals surface area contributed by atoms with Crippen molar-refractivity contribution in [3.63, 3.8) is 0 Å². The molecule has 1 heterocycles. The van der Waals surface area contributed by atoms with E-state index in [1.165, 1.54) is 40.6 Å². The lowest BCUT2D eigenvalue weighted by atomic mass is 10.0. The van der Waals surface area contributed by atoms with Gasteiger partial charge in [-0.1, -0.05) is 0 Å². The summed E-state index contributed by atoms with van der Waals surface area (Å²) < 4.78 is 3.71. The fourth-order valence-electron chi connectivity index (χ4n) is 3.47. The SMILES string of the molecule is ClCCc1nc2cc(I)ccc2n1CC1(C2CC2)CC1. The lowest BCUT2D eigenvalue weighted by Crippen LogP contribution is -2.16. The number of hydrogen-bond acceptors (Lipinski definition) is 1. The molecule has 1 aromatic heterocycles. The number of benzene rings is 1. The number of imidazole rings is 1. The molecule has 0 aliphatic heterocycles. The maximum Gasteiger partial charge on any atom is 0.111 e. The number of nitrogens with zero attached hydrogens (tertiary/aromatic N) is 2. The van der Waals surface area contributed by atoms with Crippen LogP contribution in [0.3, 0.4) is 0 Å². The molecule has 2 nitrogen and oxygen atoms in total. The zero-order chi connectivity index (χ0) is 13.7. The smallest absolute Gasteiger partial charge is 0.111 e. The van der Waals surface area contributed by atoms with Crippen LogP contribution in [0.1, 0.15) is 31.5 Å². The van der Waals surface area contributed by atoms with Crippen LogP contribution in [-0.4, -0.2) is 15.4 Å². The van der Waals surface area contributed by atoms with Crippen LogP contribution in [-0.2, 0) is 13.0 Å². The van der Waals surface area contributed by atoms with E-state index in [1.54, 1.807) is 0 Å². The van der Waals surface area contributed by atoms with Gasteiger partial charge < -0.3 is 4.57 Å². The van der Waals surface area contributed by atoms with Gasteiger partial charge in [0.1, 0.15) is 5.82 Å². The van der Waals surface area contributed by atoms with Crippen LogP contribution in [0.2, 0.25) is 0 Å². The van der Waals surface area contributed by atoms with Crippen LogP contribution in [0.4, 0.5) is 0 Å². The molecule has 1 aromatic carbocycles. The summed E-state index contributed by atoms with van der Waals surface area (Å²) in [7, 11) is 0. The molecule has 2 saturated carbocycles. The van der Waals surface area contributed by atoms with Crippen molar-refractivity contribution in [1.29, 1.82) is 0 Å². The lowest BCUT2D eigenvalue weighted by Gasteiger charge is -2.17. The normalized spacial score (nSPS) is 20.5. The first-order chi connectivity index (χ1) is 9.72. The molecule has 0 saturated heterocycles. The van der Waals surface area contributed by atoms with Crippen LogP contribution in [0, 0.1) is 14.9 Å². The first kappa shape index (κ1) is 13.4. The largest absolute Gasteiger partial charge is 0.327 e. The van der Waals surface area contributed by atoms with Crippen molar-refractivity contribution < 1.29 is 0 Å². The third kappa shape index (κ3) is 2.27. The molecule has 106 valence electrons. The number of hydrogen-bond donors (Lipinski definition) is 0. The highest BCUT2D eigenvalue weighted by atomic mass is 127. The molecule has 0 amide bonds. The van der Waals surface area contributed by atoms with E-state index in [2.05, 4.69) is 45.4 Å². The maximum absolute atomic E-state index is 5.97. The second-order valence-electron chi connectivity index (χ2n) is 6.32. The molecule has 0 bridgehead atoms. The fourth-order valence-corrected chi connectivity index (χ4v) is 4.12. The topological polar surface area (TPSA) is 17.8 Å². The van der Waals surface area contributed by atoms with E-state index in [0.717, 1.165) is 24.4 Å². The maximum atomic E-state index is 5.97. The number of fused-ring (bicyclic) bond motifs is 1. The quantitative estimate of drug-likeness (QED) is 0.529. The summed E-state index contributed by atoms with van der Waals surface area (Å²) in [5.74, 6) is 2.80. The second kappa shape index (κ2) is 4.87. The Morgan fingerprint density at radius 2 is 2.15 bits per heavy atom. The van der Waals surface area contributed by atoms with Crippen molar-refractivity contribution in [3.05, 3.63) is 27.6 Å². The zero-order valence-electron chi connectivity index (χ0n) is 11.4. The molecule has 2 aliphatic rings. The molecule has 2 fully saturated rings. The number of alkyl halides is 1. The monoisotopic (exact) mass is 400 g/mol. The fraction of sp³-hybridized carbons (Fsp3) is 0.562. The van der Waals surface area contributed by atoms with E-state index in [-0.39, 0.29) is 0 Å². The molecular weight excluding hydrogens is 383 g/mol. The molecule has 0 unspecified atom stereocenters. The predicted molar refractivity (Wildman–Crippen MR) is 91.3 cm³/mol. The molecule has 0 atom stereocenters. The zero-order valence-corrected chi connectivity index (χ0v) is 14.3. The highest BCUT2D eigenvalue weighted by Gasteiger charge is 2.54. The van der Waals surface area contributed by atoms with Gasteiger partial charge in [-0.3, -0.25) is 0 Å². The molecular formula is C16H18ClIN2. The molecule has 20 heavy (non-hydrogen) atoms. The second-order valence-corrected chi connectivity index (χ2v) is 7.95. The molecule has 0 N–H and O–H groups in total. The molecule has 0 radical (unpaired) electrons. The average molecular weight is 401 g/mol. The summed E-state index contributed by atoms with van der Waals surface area (Å²) >= 11 is 8.33. The molecule has 2 aliphatic carbocycles. The van der Waals surface area contributed by atoms with Gasteiger partial charge in [-0.2, -0.15) is 0 Å². The first-order valence-corrected chi connectivity index (χ1v) is 9.04. The van der Waals surface area contributed by atoms with Crippen molar-refractivity contribution >= 4 is 45.2 Å². The van der Waals surface area contributed by atoms with Gasteiger partial charge in [0.15, 0.2) is 0 Å². The van der Waals surface area contributed by atoms with E-state index in [1.807, 2.05) is 0 Å². The summed E-state index contributed by atoms with van der Waals surface area (Å²) in [6.07, 6.45) is 6.56. The minimum atomic E-state index is 0.595. The molecule has 4 heteroatoms. The van der Waals surface area contributed by atoms with E-state index < -0.39 is 0 Å². The van der Waals surface area contributed by atoms with Crippen LogP contribution in [0.25, 0.3) is 11.0 Å². The Hall–Kier alpha value is -0.290. The summed E-state index contributed by atoms with van der Waals surface area (Å²) in [5.41, 5.74) is 3.01. The average Bonchev–Trinajstić information content (AvgIpc) is 3.30. The van der Waals surface area contributed by atoms with Crippen molar-refractivity contribution in [2.24, 2.45) is 11.3 Å². The van der Waals surface area contributed by atoms with Crippen molar-refractivity contribution in [2.45, 2.75) is 38.6 Å². The summed E-state index contributed by atoms with van der Waals surface area (Å²) in [6, 6.07) is 6.59. The van der Waals surface area contributed by atoms with E-state index >= 15 is 0 Å².